The van der Waals surface area contributed by atoms with Crippen LogP contribution in [0.5, 0.6) is 5.75 Å². The lowest BCUT2D eigenvalue weighted by molar-refractivity contribution is 0.343. The van der Waals surface area contributed by atoms with Crippen LogP contribution in [0, 0.1) is 6.92 Å². The highest BCUT2D eigenvalue weighted by Gasteiger charge is 2.07. The van der Waals surface area contributed by atoms with Crippen LogP contribution in [0.4, 0.5) is 0 Å². The molecule has 0 spiro atoms. The van der Waals surface area contributed by atoms with Crippen LogP contribution in [0.1, 0.15) is 25.5 Å². The van der Waals surface area contributed by atoms with Gasteiger partial charge in [0.2, 0.25) is 0 Å². The molecule has 0 amide bonds. The first-order valence-corrected chi connectivity index (χ1v) is 7.37. The third-order valence-electron chi connectivity index (χ3n) is 2.70. The molecule has 0 atom stereocenters. The van der Waals surface area contributed by atoms with E-state index in [4.69, 9.17) is 4.74 Å². The van der Waals surface area contributed by atoms with Gasteiger partial charge in [0.15, 0.2) is 5.16 Å². The molecule has 19 heavy (non-hydrogen) atoms. The summed E-state index contributed by atoms with van der Waals surface area (Å²) in [6, 6.07) is 8.48. The molecule has 1 aromatic heterocycles. The number of aromatic nitrogens is 3. The van der Waals surface area contributed by atoms with Crippen LogP contribution in [0.2, 0.25) is 0 Å². The molecule has 1 aromatic carbocycles. The third-order valence-corrected chi connectivity index (χ3v) is 3.62. The fraction of sp³-hybridized carbons (Fsp3) is 0.429. The maximum Gasteiger partial charge on any atom is 0.191 e. The quantitative estimate of drug-likeness (QED) is 0.600. The lowest BCUT2D eigenvalue weighted by Gasteiger charge is -2.09. The number of benzene rings is 1. The van der Waals surface area contributed by atoms with Crippen LogP contribution in [-0.2, 0) is 0 Å². The molecule has 0 saturated heterocycles. The first-order valence-electron chi connectivity index (χ1n) is 6.38. The Kier molecular flexibility index (Phi) is 4.85. The molecule has 4 nitrogen and oxygen atoms in total. The predicted molar refractivity (Wildman–Crippen MR) is 77.8 cm³/mol. The summed E-state index contributed by atoms with van der Waals surface area (Å²) in [5.74, 6) is 1.77. The van der Waals surface area contributed by atoms with Crippen molar-refractivity contribution < 1.29 is 4.74 Å². The first kappa shape index (κ1) is 13.9. The molecule has 0 radical (unpaired) electrons. The third kappa shape index (κ3) is 3.99. The van der Waals surface area contributed by atoms with Crippen LogP contribution >= 0.6 is 11.8 Å². The Bertz CT molecular complexity index is 508. The summed E-state index contributed by atoms with van der Waals surface area (Å²) >= 11 is 1.67. The van der Waals surface area contributed by atoms with Gasteiger partial charge in [-0.2, -0.15) is 0 Å². The van der Waals surface area contributed by atoms with E-state index in [0.717, 1.165) is 16.7 Å². The van der Waals surface area contributed by atoms with E-state index in [9.17, 15) is 0 Å². The summed E-state index contributed by atoms with van der Waals surface area (Å²) in [7, 11) is 0. The molecule has 0 aliphatic heterocycles. The molecule has 0 aliphatic rings. The Morgan fingerprint density at radius 1 is 1.26 bits per heavy atom. The van der Waals surface area contributed by atoms with E-state index < -0.39 is 0 Å². The van der Waals surface area contributed by atoms with E-state index in [0.29, 0.717) is 12.6 Å². The highest BCUT2D eigenvalue weighted by atomic mass is 32.2. The molecule has 0 fully saturated rings. The van der Waals surface area contributed by atoms with Crippen molar-refractivity contribution in [1.82, 2.24) is 14.8 Å². The number of hydrogen-bond acceptors (Lipinski definition) is 4. The van der Waals surface area contributed by atoms with Crippen molar-refractivity contribution >= 4 is 11.8 Å². The lowest BCUT2D eigenvalue weighted by atomic mass is 10.2. The number of ether oxygens (including phenoxy) is 1. The highest BCUT2D eigenvalue weighted by Crippen LogP contribution is 2.19. The summed E-state index contributed by atoms with van der Waals surface area (Å²) in [5, 5.41) is 9.00. The zero-order chi connectivity index (χ0) is 13.7. The van der Waals surface area contributed by atoms with E-state index in [1.165, 1.54) is 5.56 Å². The van der Waals surface area contributed by atoms with Gasteiger partial charge in [0.25, 0.3) is 0 Å². The molecule has 0 aliphatic carbocycles. The van der Waals surface area contributed by atoms with Crippen molar-refractivity contribution in [2.75, 3.05) is 12.4 Å². The Hall–Kier alpha value is -1.49. The highest BCUT2D eigenvalue weighted by molar-refractivity contribution is 7.99. The monoisotopic (exact) mass is 277 g/mol. The average molecular weight is 277 g/mol. The van der Waals surface area contributed by atoms with Crippen LogP contribution in [0.25, 0.3) is 0 Å². The standard InChI is InChI=1S/C14H19N3OS/c1-11(2)17-10-15-16-14(17)19-9-8-18-13-6-4-12(3)5-7-13/h4-7,10-11H,8-9H2,1-3H3. The number of nitrogens with zero attached hydrogens (tertiary/aromatic N) is 3. The van der Waals surface area contributed by atoms with Crippen LogP contribution in [0.15, 0.2) is 35.7 Å². The number of rotatable bonds is 6. The van der Waals surface area contributed by atoms with Crippen LogP contribution < -0.4 is 4.74 Å². The van der Waals surface area contributed by atoms with E-state index >= 15 is 0 Å². The maximum atomic E-state index is 5.68. The van der Waals surface area contributed by atoms with Gasteiger partial charge in [-0.3, -0.25) is 0 Å². The smallest absolute Gasteiger partial charge is 0.191 e. The maximum absolute atomic E-state index is 5.68. The Morgan fingerprint density at radius 2 is 2.00 bits per heavy atom. The molecule has 102 valence electrons. The largest absolute Gasteiger partial charge is 0.493 e. The minimum Gasteiger partial charge on any atom is -0.493 e. The van der Waals surface area contributed by atoms with Gasteiger partial charge in [-0.15, -0.1) is 10.2 Å². The summed E-state index contributed by atoms with van der Waals surface area (Å²) in [6.45, 7) is 6.98. The van der Waals surface area contributed by atoms with Crippen molar-refractivity contribution in [3.8, 4) is 5.75 Å². The van der Waals surface area contributed by atoms with Gasteiger partial charge in [0.1, 0.15) is 12.1 Å². The van der Waals surface area contributed by atoms with Crippen molar-refractivity contribution in [2.45, 2.75) is 32.0 Å². The zero-order valence-corrected chi connectivity index (χ0v) is 12.4. The first-order chi connectivity index (χ1) is 9.16. The lowest BCUT2D eigenvalue weighted by Crippen LogP contribution is -2.04. The van der Waals surface area contributed by atoms with Gasteiger partial charge in [-0.1, -0.05) is 29.5 Å². The van der Waals surface area contributed by atoms with Crippen molar-refractivity contribution in [3.63, 3.8) is 0 Å². The van der Waals surface area contributed by atoms with Gasteiger partial charge < -0.3 is 9.30 Å². The van der Waals surface area contributed by atoms with Gasteiger partial charge >= 0.3 is 0 Å². The molecule has 0 N–H and O–H groups in total. The molecule has 0 unspecified atom stereocenters. The van der Waals surface area contributed by atoms with E-state index in [2.05, 4.69) is 47.7 Å². The number of hydrogen-bond donors (Lipinski definition) is 0. The normalized spacial score (nSPS) is 10.9. The Morgan fingerprint density at radius 3 is 2.68 bits per heavy atom. The van der Waals surface area contributed by atoms with Crippen LogP contribution in [-0.4, -0.2) is 27.1 Å². The minimum atomic E-state index is 0.385. The fourth-order valence-corrected chi connectivity index (χ4v) is 2.48. The zero-order valence-electron chi connectivity index (χ0n) is 11.5. The minimum absolute atomic E-state index is 0.385. The van der Waals surface area contributed by atoms with Gasteiger partial charge in [-0.05, 0) is 32.9 Å². The van der Waals surface area contributed by atoms with Gasteiger partial charge in [0, 0.05) is 11.8 Å². The van der Waals surface area contributed by atoms with Crippen molar-refractivity contribution in [3.05, 3.63) is 36.2 Å². The second-order valence-electron chi connectivity index (χ2n) is 4.62. The van der Waals surface area contributed by atoms with Gasteiger partial charge in [-0.25, -0.2) is 0 Å². The summed E-state index contributed by atoms with van der Waals surface area (Å²) in [5.41, 5.74) is 1.24. The molecule has 0 saturated carbocycles. The SMILES string of the molecule is Cc1ccc(OCCSc2nncn2C(C)C)cc1. The van der Waals surface area contributed by atoms with Crippen molar-refractivity contribution in [2.24, 2.45) is 0 Å². The summed E-state index contributed by atoms with van der Waals surface area (Å²) < 4.78 is 7.75. The summed E-state index contributed by atoms with van der Waals surface area (Å²) in [4.78, 5) is 0. The van der Waals surface area contributed by atoms with E-state index in [1.807, 2.05) is 12.1 Å². The molecule has 1 heterocycles. The Balaban J connectivity index is 1.77. The predicted octanol–water partition coefficient (Wildman–Crippen LogP) is 3.34. The molecular weight excluding hydrogens is 258 g/mol. The average Bonchev–Trinajstić information content (AvgIpc) is 2.85. The molecule has 2 rings (SSSR count). The molecule has 0 bridgehead atoms. The Labute approximate surface area is 118 Å². The summed E-state index contributed by atoms with van der Waals surface area (Å²) in [6.07, 6.45) is 1.77. The van der Waals surface area contributed by atoms with E-state index in [1.54, 1.807) is 18.1 Å². The fourth-order valence-electron chi connectivity index (χ4n) is 1.62. The van der Waals surface area contributed by atoms with Crippen LogP contribution in [0.3, 0.4) is 0 Å². The molecular formula is C14H19N3OS. The number of aryl methyl sites for hydroxylation is 1. The second kappa shape index (κ2) is 6.61. The molecule has 5 heteroatoms. The molecule has 2 aromatic rings. The topological polar surface area (TPSA) is 39.9 Å². The number of thioether (sulfide) groups is 1. The van der Waals surface area contributed by atoms with E-state index in [-0.39, 0.29) is 0 Å². The van der Waals surface area contributed by atoms with Gasteiger partial charge in [0.05, 0.1) is 6.61 Å². The second-order valence-corrected chi connectivity index (χ2v) is 5.69. The van der Waals surface area contributed by atoms with Crippen molar-refractivity contribution in [1.29, 1.82) is 0 Å².